The minimum absolute atomic E-state index is 0.0564. The molecule has 0 saturated carbocycles. The lowest BCUT2D eigenvalue weighted by molar-refractivity contribution is 0.282. The minimum Gasteiger partial charge on any atom is -0.397 e. The first kappa shape index (κ1) is 11.3. The van der Waals surface area contributed by atoms with Crippen LogP contribution >= 0.6 is 0 Å². The third-order valence-electron chi connectivity index (χ3n) is 3.27. The Balaban J connectivity index is 2.19. The number of piperidine rings is 1. The van der Waals surface area contributed by atoms with Gasteiger partial charge in [0.05, 0.1) is 18.0 Å². The third-order valence-corrected chi connectivity index (χ3v) is 3.27. The number of nitrogens with zero attached hydrogens (tertiary/aromatic N) is 1. The summed E-state index contributed by atoms with van der Waals surface area (Å²) in [5.41, 5.74) is 8.79. The number of nitrogen functional groups attached to an aromatic ring is 1. The van der Waals surface area contributed by atoms with E-state index in [1.165, 1.54) is 12.8 Å². The molecule has 0 aromatic heterocycles. The molecule has 0 amide bonds. The molecular weight excluding hydrogens is 200 g/mol. The van der Waals surface area contributed by atoms with Gasteiger partial charge in [0.1, 0.15) is 0 Å². The van der Waals surface area contributed by atoms with Crippen LogP contribution in [0.15, 0.2) is 18.2 Å². The maximum Gasteiger partial charge on any atom is 0.0682 e. The zero-order valence-corrected chi connectivity index (χ0v) is 9.82. The van der Waals surface area contributed by atoms with Crippen molar-refractivity contribution in [2.75, 3.05) is 23.7 Å². The summed E-state index contributed by atoms with van der Waals surface area (Å²) in [6, 6.07) is 5.85. The van der Waals surface area contributed by atoms with Gasteiger partial charge in [-0.1, -0.05) is 13.0 Å². The molecule has 16 heavy (non-hydrogen) atoms. The topological polar surface area (TPSA) is 49.5 Å². The second-order valence-corrected chi connectivity index (χ2v) is 4.74. The summed E-state index contributed by atoms with van der Waals surface area (Å²) in [5, 5.41) is 9.04. The van der Waals surface area contributed by atoms with Crippen molar-refractivity contribution in [3.63, 3.8) is 0 Å². The fraction of sp³-hybridized carbons (Fsp3) is 0.538. The molecule has 3 nitrogen and oxygen atoms in total. The molecule has 0 spiro atoms. The van der Waals surface area contributed by atoms with E-state index in [1.54, 1.807) is 0 Å². The van der Waals surface area contributed by atoms with Gasteiger partial charge in [-0.2, -0.15) is 0 Å². The first-order valence-corrected chi connectivity index (χ1v) is 5.95. The molecule has 1 fully saturated rings. The second-order valence-electron chi connectivity index (χ2n) is 4.74. The van der Waals surface area contributed by atoms with Crippen molar-refractivity contribution in [1.29, 1.82) is 0 Å². The lowest BCUT2D eigenvalue weighted by atomic mass is 9.99. The molecule has 3 heteroatoms. The number of benzene rings is 1. The highest BCUT2D eigenvalue weighted by Crippen LogP contribution is 2.28. The summed E-state index contributed by atoms with van der Waals surface area (Å²) >= 11 is 0. The predicted molar refractivity (Wildman–Crippen MR) is 67.4 cm³/mol. The maximum absolute atomic E-state index is 9.04. The van der Waals surface area contributed by atoms with Crippen molar-refractivity contribution in [1.82, 2.24) is 0 Å². The average molecular weight is 220 g/mol. The van der Waals surface area contributed by atoms with Crippen LogP contribution in [0.4, 0.5) is 11.4 Å². The van der Waals surface area contributed by atoms with Crippen LogP contribution in [0.3, 0.4) is 0 Å². The Labute approximate surface area is 96.9 Å². The average Bonchev–Trinajstić information content (AvgIpc) is 2.28. The Morgan fingerprint density at radius 3 is 2.94 bits per heavy atom. The molecule has 2 rings (SSSR count). The Hall–Kier alpha value is -1.22. The molecule has 1 aromatic carbocycles. The van der Waals surface area contributed by atoms with Crippen molar-refractivity contribution < 1.29 is 5.11 Å². The van der Waals surface area contributed by atoms with Gasteiger partial charge in [0.25, 0.3) is 0 Å². The largest absolute Gasteiger partial charge is 0.397 e. The summed E-state index contributed by atoms with van der Waals surface area (Å²) < 4.78 is 0. The molecule has 1 saturated heterocycles. The van der Waals surface area contributed by atoms with Crippen molar-refractivity contribution >= 4 is 11.4 Å². The van der Waals surface area contributed by atoms with Crippen LogP contribution in [0.25, 0.3) is 0 Å². The lowest BCUT2D eigenvalue weighted by Crippen LogP contribution is -2.34. The van der Waals surface area contributed by atoms with Gasteiger partial charge in [0, 0.05) is 13.1 Å². The highest BCUT2D eigenvalue weighted by Gasteiger charge is 2.18. The summed E-state index contributed by atoms with van der Waals surface area (Å²) in [4.78, 5) is 2.35. The van der Waals surface area contributed by atoms with E-state index in [9.17, 15) is 0 Å². The summed E-state index contributed by atoms with van der Waals surface area (Å²) in [6.45, 7) is 4.51. The molecule has 1 aliphatic rings. The number of anilines is 2. The molecule has 88 valence electrons. The zero-order chi connectivity index (χ0) is 11.5. The Morgan fingerprint density at radius 1 is 1.50 bits per heavy atom. The molecule has 1 heterocycles. The number of aliphatic hydroxyl groups is 1. The lowest BCUT2D eigenvalue weighted by Gasteiger charge is -2.33. The van der Waals surface area contributed by atoms with Crippen molar-refractivity contribution in [2.45, 2.75) is 26.4 Å². The van der Waals surface area contributed by atoms with Crippen molar-refractivity contribution in [3.8, 4) is 0 Å². The van der Waals surface area contributed by atoms with Crippen molar-refractivity contribution in [3.05, 3.63) is 23.8 Å². The number of hydrogen-bond donors (Lipinski definition) is 2. The second kappa shape index (κ2) is 4.74. The minimum atomic E-state index is 0.0564. The summed E-state index contributed by atoms with van der Waals surface area (Å²) in [6.07, 6.45) is 2.55. The molecule has 0 aliphatic carbocycles. The van der Waals surface area contributed by atoms with Crippen LogP contribution in [-0.4, -0.2) is 18.2 Å². The van der Waals surface area contributed by atoms with E-state index in [0.717, 1.165) is 35.9 Å². The number of hydrogen-bond acceptors (Lipinski definition) is 3. The van der Waals surface area contributed by atoms with Crippen LogP contribution in [0.1, 0.15) is 25.3 Å². The van der Waals surface area contributed by atoms with E-state index < -0.39 is 0 Å². The van der Waals surface area contributed by atoms with Crippen LogP contribution in [-0.2, 0) is 6.61 Å². The Bertz CT molecular complexity index is 365. The van der Waals surface area contributed by atoms with Gasteiger partial charge in [-0.25, -0.2) is 0 Å². The molecule has 3 N–H and O–H groups in total. The smallest absolute Gasteiger partial charge is 0.0682 e. The summed E-state index contributed by atoms with van der Waals surface area (Å²) in [7, 11) is 0. The van der Waals surface area contributed by atoms with Gasteiger partial charge in [0.2, 0.25) is 0 Å². The zero-order valence-electron chi connectivity index (χ0n) is 9.82. The van der Waals surface area contributed by atoms with E-state index in [1.807, 2.05) is 18.2 Å². The fourth-order valence-corrected chi connectivity index (χ4v) is 2.40. The van der Waals surface area contributed by atoms with Gasteiger partial charge in [-0.15, -0.1) is 0 Å². The third kappa shape index (κ3) is 2.30. The first-order chi connectivity index (χ1) is 7.70. The van der Waals surface area contributed by atoms with E-state index in [-0.39, 0.29) is 6.61 Å². The Kier molecular flexibility index (Phi) is 3.34. The van der Waals surface area contributed by atoms with Crippen LogP contribution in [0.5, 0.6) is 0 Å². The van der Waals surface area contributed by atoms with E-state index in [4.69, 9.17) is 10.8 Å². The SMILES string of the molecule is CC1CCCN(c2ccc(CO)cc2N)C1. The molecule has 1 atom stereocenters. The van der Waals surface area contributed by atoms with Gasteiger partial charge < -0.3 is 15.7 Å². The van der Waals surface area contributed by atoms with Gasteiger partial charge in [-0.05, 0) is 36.5 Å². The molecule has 1 aliphatic heterocycles. The molecule has 1 unspecified atom stereocenters. The summed E-state index contributed by atoms with van der Waals surface area (Å²) in [5.74, 6) is 0.741. The van der Waals surface area contributed by atoms with E-state index in [0.29, 0.717) is 0 Å². The highest BCUT2D eigenvalue weighted by molar-refractivity contribution is 5.68. The van der Waals surface area contributed by atoms with Gasteiger partial charge >= 0.3 is 0 Å². The van der Waals surface area contributed by atoms with E-state index >= 15 is 0 Å². The normalized spacial score (nSPS) is 21.1. The fourth-order valence-electron chi connectivity index (χ4n) is 2.40. The highest BCUT2D eigenvalue weighted by atomic mass is 16.3. The number of nitrogens with two attached hydrogens (primary N) is 1. The van der Waals surface area contributed by atoms with Crippen LogP contribution in [0, 0.1) is 5.92 Å². The maximum atomic E-state index is 9.04. The molecular formula is C13H20N2O. The van der Waals surface area contributed by atoms with Gasteiger partial charge in [0.15, 0.2) is 0 Å². The number of rotatable bonds is 2. The Morgan fingerprint density at radius 2 is 2.31 bits per heavy atom. The van der Waals surface area contributed by atoms with Crippen LogP contribution in [0.2, 0.25) is 0 Å². The number of aliphatic hydroxyl groups excluding tert-OH is 1. The quantitative estimate of drug-likeness (QED) is 0.749. The standard InChI is InChI=1S/C13H20N2O/c1-10-3-2-6-15(8-10)13-5-4-11(9-16)7-12(13)14/h4-5,7,10,16H,2-3,6,8-9,14H2,1H3. The van der Waals surface area contributed by atoms with E-state index in [2.05, 4.69) is 11.8 Å². The molecule has 1 aromatic rings. The van der Waals surface area contributed by atoms with Crippen LogP contribution < -0.4 is 10.6 Å². The molecule has 0 radical (unpaired) electrons. The van der Waals surface area contributed by atoms with Gasteiger partial charge in [-0.3, -0.25) is 0 Å². The first-order valence-electron chi connectivity index (χ1n) is 5.95. The molecule has 0 bridgehead atoms. The van der Waals surface area contributed by atoms with Crippen molar-refractivity contribution in [2.24, 2.45) is 5.92 Å². The monoisotopic (exact) mass is 220 g/mol. The predicted octanol–water partition coefficient (Wildman–Crippen LogP) is 2.00.